The fourth-order valence-electron chi connectivity index (χ4n) is 3.85. The Morgan fingerprint density at radius 2 is 2.19 bits per heavy atom. The number of nitrogens with zero attached hydrogens (tertiary/aromatic N) is 4. The number of anilines is 2. The molecule has 3 N–H and O–H groups in total. The molecular formula is C17H16ClN7O2. The molecule has 9 nitrogen and oxygen atoms in total. The van der Waals surface area contributed by atoms with E-state index in [1.807, 2.05) is 13.0 Å². The van der Waals surface area contributed by atoms with E-state index >= 15 is 0 Å². The van der Waals surface area contributed by atoms with Crippen molar-refractivity contribution >= 4 is 40.0 Å². The minimum atomic E-state index is -0.599. The molecule has 138 valence electrons. The zero-order chi connectivity index (χ0) is 18.8. The maximum Gasteiger partial charge on any atom is 0.293 e. The van der Waals surface area contributed by atoms with Gasteiger partial charge in [0.15, 0.2) is 0 Å². The van der Waals surface area contributed by atoms with Crippen LogP contribution in [0.2, 0.25) is 5.02 Å². The lowest BCUT2D eigenvalue weighted by Gasteiger charge is -2.42. The molecule has 2 aliphatic heterocycles. The molecule has 1 amide bonds. The lowest BCUT2D eigenvalue weighted by molar-refractivity contribution is 0.0582. The van der Waals surface area contributed by atoms with Crippen molar-refractivity contribution in [3.63, 3.8) is 0 Å². The summed E-state index contributed by atoms with van der Waals surface area (Å²) >= 11 is 6.39. The van der Waals surface area contributed by atoms with Gasteiger partial charge in [-0.25, -0.2) is 14.6 Å². The number of halogens is 1. The van der Waals surface area contributed by atoms with Crippen LogP contribution >= 0.6 is 11.6 Å². The van der Waals surface area contributed by atoms with E-state index in [0.29, 0.717) is 18.0 Å². The van der Waals surface area contributed by atoms with Crippen LogP contribution in [0.4, 0.5) is 11.5 Å². The van der Waals surface area contributed by atoms with E-state index in [0.717, 1.165) is 18.2 Å². The predicted octanol–water partition coefficient (Wildman–Crippen LogP) is 2.03. The van der Waals surface area contributed by atoms with E-state index in [-0.39, 0.29) is 22.3 Å². The van der Waals surface area contributed by atoms with Gasteiger partial charge in [0.05, 0.1) is 10.4 Å². The maximum atomic E-state index is 13.1. The van der Waals surface area contributed by atoms with Gasteiger partial charge >= 0.3 is 0 Å². The highest BCUT2D eigenvalue weighted by Crippen LogP contribution is 2.34. The first-order chi connectivity index (χ1) is 13.0. The fourth-order valence-corrected chi connectivity index (χ4v) is 4.13. The Morgan fingerprint density at radius 3 is 3.04 bits per heavy atom. The number of nitrogens with one attached hydrogen (secondary N) is 3. The quantitative estimate of drug-likeness (QED) is 0.623. The van der Waals surface area contributed by atoms with Gasteiger partial charge in [0.2, 0.25) is 0 Å². The highest BCUT2D eigenvalue weighted by molar-refractivity contribution is 6.34. The third kappa shape index (κ3) is 2.24. The van der Waals surface area contributed by atoms with Crippen LogP contribution < -0.4 is 16.3 Å². The zero-order valence-electron chi connectivity index (χ0n) is 14.4. The highest BCUT2D eigenvalue weighted by Gasteiger charge is 2.46. The van der Waals surface area contributed by atoms with Gasteiger partial charge in [0.1, 0.15) is 34.8 Å². The van der Waals surface area contributed by atoms with Gasteiger partial charge in [-0.05, 0) is 31.9 Å². The predicted molar refractivity (Wildman–Crippen MR) is 101 cm³/mol. The summed E-state index contributed by atoms with van der Waals surface area (Å²) in [6, 6.07) is 3.28. The van der Waals surface area contributed by atoms with E-state index < -0.39 is 11.2 Å². The molecule has 27 heavy (non-hydrogen) atoms. The molecule has 0 bridgehead atoms. The number of fused-ring (bicyclic) bond motifs is 3. The molecule has 1 saturated heterocycles. The number of hydrogen-bond donors (Lipinski definition) is 3. The second-order valence-electron chi connectivity index (χ2n) is 6.93. The summed E-state index contributed by atoms with van der Waals surface area (Å²) in [5.74, 6) is 0.239. The molecule has 2 aliphatic rings. The van der Waals surface area contributed by atoms with Crippen LogP contribution in [0, 0.1) is 0 Å². The van der Waals surface area contributed by atoms with Crippen LogP contribution in [-0.4, -0.2) is 42.6 Å². The highest BCUT2D eigenvalue weighted by atomic mass is 35.5. The summed E-state index contributed by atoms with van der Waals surface area (Å²) < 4.78 is 1.25. The second-order valence-corrected chi connectivity index (χ2v) is 7.34. The van der Waals surface area contributed by atoms with E-state index in [2.05, 4.69) is 25.7 Å². The van der Waals surface area contributed by atoms with Crippen molar-refractivity contribution in [3.8, 4) is 0 Å². The lowest BCUT2D eigenvalue weighted by atomic mass is 10.1. The van der Waals surface area contributed by atoms with Crippen LogP contribution in [-0.2, 0) is 0 Å². The van der Waals surface area contributed by atoms with Crippen molar-refractivity contribution in [2.45, 2.75) is 25.4 Å². The number of amides is 1. The van der Waals surface area contributed by atoms with Crippen LogP contribution in [0.3, 0.4) is 0 Å². The molecule has 10 heteroatoms. The topological polar surface area (TPSA) is 108 Å². The molecule has 0 radical (unpaired) electrons. The average molecular weight is 386 g/mol. The standard InChI is InChI=1S/C17H16ClN7O2/c1-17-4-2-6-24(17)16(27)12-10(18)7-11(15(26)25(12)23-17)22-14-9-3-5-19-13(9)20-8-21-14/h3,5,7-8,23H,2,4,6H2,1H3,(H2,19,20,21,22). The number of aromatic nitrogens is 4. The van der Waals surface area contributed by atoms with Crippen molar-refractivity contribution in [2.75, 3.05) is 17.3 Å². The Hall–Kier alpha value is -3.07. The molecule has 3 aromatic rings. The number of rotatable bonds is 2. The second kappa shape index (κ2) is 5.46. The molecule has 0 aromatic carbocycles. The zero-order valence-corrected chi connectivity index (χ0v) is 15.2. The van der Waals surface area contributed by atoms with Crippen LogP contribution in [0.15, 0.2) is 29.5 Å². The third-order valence-electron chi connectivity index (χ3n) is 5.20. The first kappa shape index (κ1) is 16.1. The largest absolute Gasteiger partial charge is 0.346 e. The Balaban J connectivity index is 1.64. The molecule has 1 unspecified atom stereocenters. The smallest absolute Gasteiger partial charge is 0.293 e. The van der Waals surface area contributed by atoms with Crippen molar-refractivity contribution in [1.29, 1.82) is 0 Å². The third-order valence-corrected chi connectivity index (χ3v) is 5.49. The normalized spacial score (nSPS) is 21.1. The Bertz CT molecular complexity index is 1150. The Kier molecular flexibility index (Phi) is 3.26. The minimum absolute atomic E-state index is 0.154. The maximum absolute atomic E-state index is 13.1. The number of hydrogen-bond acceptors (Lipinski definition) is 6. The summed E-state index contributed by atoms with van der Waals surface area (Å²) in [5, 5.41) is 3.97. The van der Waals surface area contributed by atoms with Crippen molar-refractivity contribution in [3.05, 3.63) is 45.7 Å². The summed E-state index contributed by atoms with van der Waals surface area (Å²) in [6.45, 7) is 2.55. The SMILES string of the molecule is CC12CCCN1C(=O)c1c(Cl)cc(Nc3ncnc4[nH]ccc34)c(=O)n1N2. The van der Waals surface area contributed by atoms with Gasteiger partial charge in [-0.1, -0.05) is 11.6 Å². The molecule has 5 heterocycles. The molecule has 3 aromatic heterocycles. The first-order valence-electron chi connectivity index (χ1n) is 8.59. The van der Waals surface area contributed by atoms with E-state index in [1.54, 1.807) is 11.1 Å². The van der Waals surface area contributed by atoms with Crippen LogP contribution in [0.5, 0.6) is 0 Å². The van der Waals surface area contributed by atoms with Gasteiger partial charge in [0, 0.05) is 12.7 Å². The Morgan fingerprint density at radius 1 is 1.33 bits per heavy atom. The summed E-state index contributed by atoms with van der Waals surface area (Å²) in [6.07, 6.45) is 4.77. The minimum Gasteiger partial charge on any atom is -0.346 e. The van der Waals surface area contributed by atoms with Gasteiger partial charge in [-0.2, -0.15) is 0 Å². The van der Waals surface area contributed by atoms with E-state index in [4.69, 9.17) is 11.6 Å². The number of carbonyl (C=O) groups is 1. The van der Waals surface area contributed by atoms with Crippen molar-refractivity contribution < 1.29 is 4.79 Å². The number of pyridine rings is 1. The van der Waals surface area contributed by atoms with E-state index in [1.165, 1.54) is 17.1 Å². The molecule has 0 aliphatic carbocycles. The molecular weight excluding hydrogens is 370 g/mol. The van der Waals surface area contributed by atoms with Gasteiger partial charge < -0.3 is 15.2 Å². The molecule has 5 rings (SSSR count). The van der Waals surface area contributed by atoms with Crippen molar-refractivity contribution in [1.82, 2.24) is 24.5 Å². The summed E-state index contributed by atoms with van der Waals surface area (Å²) in [4.78, 5) is 39.0. The molecule has 0 saturated carbocycles. The van der Waals surface area contributed by atoms with Crippen molar-refractivity contribution in [2.24, 2.45) is 0 Å². The first-order valence-corrected chi connectivity index (χ1v) is 8.96. The van der Waals surface area contributed by atoms with Crippen LogP contribution in [0.25, 0.3) is 11.0 Å². The molecule has 1 fully saturated rings. The van der Waals surface area contributed by atoms with Gasteiger partial charge in [-0.3, -0.25) is 15.0 Å². The van der Waals surface area contributed by atoms with Gasteiger partial charge in [0.25, 0.3) is 11.5 Å². The number of H-pyrrole nitrogens is 1. The number of carbonyl (C=O) groups excluding carboxylic acids is 1. The number of aromatic amines is 1. The van der Waals surface area contributed by atoms with Crippen LogP contribution in [0.1, 0.15) is 30.3 Å². The average Bonchev–Trinajstić information content (AvgIpc) is 3.26. The lowest BCUT2D eigenvalue weighted by Crippen LogP contribution is -2.61. The summed E-state index contributed by atoms with van der Waals surface area (Å²) in [5.41, 5.74) is 3.22. The fraction of sp³-hybridized carbons (Fsp3) is 0.294. The molecule has 0 spiro atoms. The summed E-state index contributed by atoms with van der Waals surface area (Å²) in [7, 11) is 0. The Labute approximate surface area is 158 Å². The monoisotopic (exact) mass is 385 g/mol. The molecule has 1 atom stereocenters. The van der Waals surface area contributed by atoms with E-state index in [9.17, 15) is 9.59 Å². The van der Waals surface area contributed by atoms with Gasteiger partial charge in [-0.15, -0.1) is 0 Å².